The van der Waals surface area contributed by atoms with E-state index in [-0.39, 0.29) is 52.6 Å². The fourth-order valence-electron chi connectivity index (χ4n) is 5.02. The zero-order valence-electron chi connectivity index (χ0n) is 22.6. The first-order valence-electron chi connectivity index (χ1n) is 13.2. The van der Waals surface area contributed by atoms with Crippen molar-refractivity contribution in [1.82, 2.24) is 19.5 Å². The Balaban J connectivity index is 1.65. The van der Waals surface area contributed by atoms with Gasteiger partial charge >= 0.3 is 12.6 Å². The molecule has 4 aromatic rings. The molecule has 2 atom stereocenters. The molecule has 2 N–H and O–H groups in total. The van der Waals surface area contributed by atoms with Crippen LogP contribution in [0.5, 0.6) is 5.75 Å². The SMILES string of the molecule is CCCCOC(=O)c1cccc(OC(F)F)c1C1CC(O)c2nc3cc(F)c(-c4cnc(C(C)(C)O)nc4)cc3n21. The quantitative estimate of drug-likeness (QED) is 0.202. The number of aliphatic hydroxyl groups excluding tert-OH is 1. The van der Waals surface area contributed by atoms with Crippen molar-refractivity contribution in [1.29, 1.82) is 0 Å². The summed E-state index contributed by atoms with van der Waals surface area (Å²) in [4.78, 5) is 25.8. The van der Waals surface area contributed by atoms with Crippen molar-refractivity contribution in [2.24, 2.45) is 0 Å². The van der Waals surface area contributed by atoms with Gasteiger partial charge in [0.2, 0.25) is 0 Å². The van der Waals surface area contributed by atoms with E-state index in [2.05, 4.69) is 15.0 Å². The number of ether oxygens (including phenoxy) is 2. The average molecular weight is 571 g/mol. The van der Waals surface area contributed by atoms with Crippen LogP contribution in [0.3, 0.4) is 0 Å². The number of carbonyl (C=O) groups is 1. The first-order valence-corrected chi connectivity index (χ1v) is 13.2. The molecule has 5 rings (SSSR count). The second-order valence-electron chi connectivity index (χ2n) is 10.4. The van der Waals surface area contributed by atoms with E-state index in [9.17, 15) is 23.8 Å². The summed E-state index contributed by atoms with van der Waals surface area (Å²) in [6.45, 7) is 1.97. The molecule has 0 amide bonds. The van der Waals surface area contributed by atoms with E-state index in [0.717, 1.165) is 6.42 Å². The number of aromatic nitrogens is 4. The van der Waals surface area contributed by atoms with Crippen molar-refractivity contribution in [2.45, 2.75) is 64.4 Å². The number of unbranched alkanes of at least 4 members (excludes halogenated alkanes) is 1. The number of hydrogen-bond donors (Lipinski definition) is 2. The third kappa shape index (κ3) is 5.49. The second kappa shape index (κ2) is 11.1. The molecule has 0 saturated carbocycles. The molecule has 2 aromatic heterocycles. The van der Waals surface area contributed by atoms with E-state index >= 15 is 4.39 Å². The predicted molar refractivity (Wildman–Crippen MR) is 142 cm³/mol. The summed E-state index contributed by atoms with van der Waals surface area (Å²) in [5.74, 6) is -1.23. The Hall–Kier alpha value is -4.03. The number of aliphatic hydroxyl groups is 2. The minimum absolute atomic E-state index is 0.00717. The number of benzene rings is 2. The van der Waals surface area contributed by atoms with Gasteiger partial charge in [-0.05, 0) is 38.5 Å². The van der Waals surface area contributed by atoms with Gasteiger partial charge in [0, 0.05) is 41.6 Å². The number of imidazole rings is 1. The van der Waals surface area contributed by atoms with Gasteiger partial charge in [0.25, 0.3) is 0 Å². The maximum absolute atomic E-state index is 15.3. The number of alkyl halides is 2. The number of hydrogen-bond acceptors (Lipinski definition) is 8. The van der Waals surface area contributed by atoms with E-state index in [1.54, 1.807) is 4.57 Å². The number of halogens is 3. The molecule has 41 heavy (non-hydrogen) atoms. The fourth-order valence-corrected chi connectivity index (χ4v) is 5.02. The van der Waals surface area contributed by atoms with Gasteiger partial charge in [-0.2, -0.15) is 8.78 Å². The Morgan fingerprint density at radius 3 is 2.61 bits per heavy atom. The molecule has 9 nitrogen and oxygen atoms in total. The van der Waals surface area contributed by atoms with Crippen molar-refractivity contribution in [2.75, 3.05) is 6.61 Å². The molecule has 2 aromatic carbocycles. The number of esters is 1. The van der Waals surface area contributed by atoms with Crippen LogP contribution in [-0.2, 0) is 10.3 Å². The van der Waals surface area contributed by atoms with Crippen molar-refractivity contribution < 1.29 is 37.7 Å². The highest BCUT2D eigenvalue weighted by Crippen LogP contribution is 2.46. The normalized spacial score (nSPS) is 16.8. The van der Waals surface area contributed by atoms with E-state index < -0.39 is 36.1 Å². The standard InChI is InChI=1S/C29H29F3N4O5/c1-4-5-9-40-26(38)16-7-6-8-23(41-28(31)32)24(16)21-12-22(37)25-35-19-11-18(30)17(10-20(19)36(21)25)15-13-33-27(34-14-15)29(2,3)39/h6-8,10-11,13-14,21-22,28,37,39H,4-5,9,12H2,1-3H3. The molecule has 1 aliphatic heterocycles. The fraction of sp³-hybridized carbons (Fsp3) is 0.379. The molecule has 3 heterocycles. The van der Waals surface area contributed by atoms with Crippen molar-refractivity contribution in [3.05, 3.63) is 71.3 Å². The Bertz CT molecular complexity index is 1580. The maximum Gasteiger partial charge on any atom is 0.387 e. The van der Waals surface area contributed by atoms with E-state index in [1.165, 1.54) is 56.6 Å². The van der Waals surface area contributed by atoms with Crippen LogP contribution in [0.1, 0.15) is 79.7 Å². The van der Waals surface area contributed by atoms with Crippen LogP contribution in [0.2, 0.25) is 0 Å². The highest BCUT2D eigenvalue weighted by Gasteiger charge is 2.38. The summed E-state index contributed by atoms with van der Waals surface area (Å²) in [6.07, 6.45) is 3.06. The maximum atomic E-state index is 15.3. The summed E-state index contributed by atoms with van der Waals surface area (Å²) in [6, 6.07) is 6.04. The van der Waals surface area contributed by atoms with Crippen LogP contribution in [0, 0.1) is 5.82 Å². The third-order valence-corrected chi connectivity index (χ3v) is 6.94. The molecule has 2 unspecified atom stereocenters. The Kier molecular flexibility index (Phi) is 7.71. The number of nitrogens with zero attached hydrogens (tertiary/aromatic N) is 4. The molecule has 0 bridgehead atoms. The molecule has 12 heteroatoms. The van der Waals surface area contributed by atoms with Crippen LogP contribution in [0.4, 0.5) is 13.2 Å². The van der Waals surface area contributed by atoms with Crippen LogP contribution in [-0.4, -0.2) is 48.9 Å². The zero-order valence-corrected chi connectivity index (χ0v) is 22.6. The third-order valence-electron chi connectivity index (χ3n) is 6.94. The molecular formula is C29H29F3N4O5. The highest BCUT2D eigenvalue weighted by atomic mass is 19.3. The van der Waals surface area contributed by atoms with Gasteiger partial charge in [-0.25, -0.2) is 24.1 Å². The highest BCUT2D eigenvalue weighted by molar-refractivity contribution is 5.92. The summed E-state index contributed by atoms with van der Waals surface area (Å²) in [5.41, 5.74) is -0.109. The first kappa shape index (κ1) is 28.5. The zero-order chi connectivity index (χ0) is 29.5. The minimum atomic E-state index is -3.17. The van der Waals surface area contributed by atoms with Gasteiger partial charge in [-0.15, -0.1) is 0 Å². The predicted octanol–water partition coefficient (Wildman–Crippen LogP) is 5.44. The van der Waals surface area contributed by atoms with E-state index in [0.29, 0.717) is 17.5 Å². The lowest BCUT2D eigenvalue weighted by Gasteiger charge is -2.22. The molecule has 0 fully saturated rings. The van der Waals surface area contributed by atoms with Crippen molar-refractivity contribution >= 4 is 17.0 Å². The van der Waals surface area contributed by atoms with Crippen LogP contribution >= 0.6 is 0 Å². The molecule has 216 valence electrons. The summed E-state index contributed by atoms with van der Waals surface area (Å²) < 4.78 is 54.0. The lowest BCUT2D eigenvalue weighted by Crippen LogP contribution is -2.19. The van der Waals surface area contributed by atoms with Gasteiger partial charge in [-0.1, -0.05) is 19.4 Å². The van der Waals surface area contributed by atoms with Crippen LogP contribution < -0.4 is 4.74 Å². The van der Waals surface area contributed by atoms with Gasteiger partial charge < -0.3 is 24.3 Å². The molecule has 1 aliphatic rings. The topological polar surface area (TPSA) is 120 Å². The largest absolute Gasteiger partial charge is 0.462 e. The number of fused-ring (bicyclic) bond motifs is 3. The minimum Gasteiger partial charge on any atom is -0.462 e. The lowest BCUT2D eigenvalue weighted by molar-refractivity contribution is -0.0508. The lowest BCUT2D eigenvalue weighted by atomic mass is 9.96. The Labute approximate surface area is 233 Å². The number of carbonyl (C=O) groups excluding carboxylic acids is 1. The number of rotatable bonds is 9. The second-order valence-corrected chi connectivity index (χ2v) is 10.4. The van der Waals surface area contributed by atoms with Gasteiger partial charge in [0.1, 0.15) is 29.1 Å². The van der Waals surface area contributed by atoms with Crippen LogP contribution in [0.25, 0.3) is 22.2 Å². The summed E-state index contributed by atoms with van der Waals surface area (Å²) >= 11 is 0. The smallest absolute Gasteiger partial charge is 0.387 e. The van der Waals surface area contributed by atoms with Crippen LogP contribution in [0.15, 0.2) is 42.7 Å². The molecule has 0 saturated heterocycles. The Morgan fingerprint density at radius 1 is 1.22 bits per heavy atom. The first-order chi connectivity index (χ1) is 19.5. The van der Waals surface area contributed by atoms with E-state index in [4.69, 9.17) is 9.47 Å². The van der Waals surface area contributed by atoms with Crippen molar-refractivity contribution in [3.8, 4) is 16.9 Å². The Morgan fingerprint density at radius 2 is 1.95 bits per heavy atom. The molecule has 0 radical (unpaired) electrons. The monoisotopic (exact) mass is 570 g/mol. The van der Waals surface area contributed by atoms with Gasteiger partial charge in [0.15, 0.2) is 5.82 Å². The molecular weight excluding hydrogens is 541 g/mol. The summed E-state index contributed by atoms with van der Waals surface area (Å²) in [7, 11) is 0. The van der Waals surface area contributed by atoms with Crippen molar-refractivity contribution in [3.63, 3.8) is 0 Å². The van der Waals surface area contributed by atoms with Gasteiger partial charge in [0.05, 0.1) is 29.2 Å². The van der Waals surface area contributed by atoms with Gasteiger partial charge in [-0.3, -0.25) is 0 Å². The van der Waals surface area contributed by atoms with E-state index in [1.807, 2.05) is 6.92 Å². The molecule has 0 spiro atoms. The summed E-state index contributed by atoms with van der Waals surface area (Å²) in [5, 5.41) is 21.1. The molecule has 0 aliphatic carbocycles. The average Bonchev–Trinajstić information content (AvgIpc) is 3.44.